The molecule has 0 aliphatic carbocycles. The average molecular weight is 221 g/mol. The third-order valence-electron chi connectivity index (χ3n) is 2.50. The van der Waals surface area contributed by atoms with E-state index >= 15 is 0 Å². The third-order valence-corrected chi connectivity index (χ3v) is 2.80. The van der Waals surface area contributed by atoms with Gasteiger partial charge in [-0.3, -0.25) is 4.68 Å². The fraction of sp³-hybridized carbons (Fsp3) is 0.250. The van der Waals surface area contributed by atoms with Crippen molar-refractivity contribution < 1.29 is 0 Å². The first-order valence-corrected chi connectivity index (χ1v) is 5.38. The molecule has 1 heterocycles. The summed E-state index contributed by atoms with van der Waals surface area (Å²) in [6, 6.07) is 10.2. The Balaban J connectivity index is 2.62. The fourth-order valence-electron chi connectivity index (χ4n) is 1.81. The molecule has 0 saturated heterocycles. The Hall–Kier alpha value is -1.28. The predicted molar refractivity (Wildman–Crippen MR) is 63.0 cm³/mol. The highest BCUT2D eigenvalue weighted by Crippen LogP contribution is 2.28. The van der Waals surface area contributed by atoms with Crippen LogP contribution in [0.25, 0.3) is 11.3 Å². The van der Waals surface area contributed by atoms with Crippen LogP contribution in [0.1, 0.15) is 12.5 Å². The molecule has 78 valence electrons. The Bertz CT molecular complexity index is 460. The summed E-state index contributed by atoms with van der Waals surface area (Å²) in [5.41, 5.74) is 3.39. The standard InChI is InChI=1S/C12H13ClN2/c1-3-10-11(15(2)14-12(10)13)9-7-5-4-6-8-9/h4-8H,3H2,1-2H3. The maximum Gasteiger partial charge on any atom is 0.154 e. The van der Waals surface area contributed by atoms with E-state index in [9.17, 15) is 0 Å². The first-order chi connectivity index (χ1) is 7.24. The molecule has 0 aliphatic rings. The topological polar surface area (TPSA) is 17.8 Å². The lowest BCUT2D eigenvalue weighted by Crippen LogP contribution is -1.94. The van der Waals surface area contributed by atoms with Crippen LogP contribution < -0.4 is 0 Å². The van der Waals surface area contributed by atoms with Crippen LogP contribution in [-0.2, 0) is 13.5 Å². The molecule has 1 aromatic heterocycles. The summed E-state index contributed by atoms with van der Waals surface area (Å²) < 4.78 is 1.84. The second kappa shape index (κ2) is 4.07. The summed E-state index contributed by atoms with van der Waals surface area (Å²) in [4.78, 5) is 0. The van der Waals surface area contributed by atoms with Crippen molar-refractivity contribution in [2.24, 2.45) is 7.05 Å². The quantitative estimate of drug-likeness (QED) is 0.760. The van der Waals surface area contributed by atoms with Crippen molar-refractivity contribution in [1.82, 2.24) is 9.78 Å². The Kier molecular flexibility index (Phi) is 2.78. The van der Waals surface area contributed by atoms with Gasteiger partial charge < -0.3 is 0 Å². The minimum Gasteiger partial charge on any atom is -0.266 e. The SMILES string of the molecule is CCc1c(Cl)nn(C)c1-c1ccccc1. The second-order valence-electron chi connectivity index (χ2n) is 3.46. The van der Waals surface area contributed by atoms with Crippen LogP contribution >= 0.6 is 11.6 Å². The first-order valence-electron chi connectivity index (χ1n) is 5.00. The number of benzene rings is 1. The summed E-state index contributed by atoms with van der Waals surface area (Å²) >= 11 is 6.07. The summed E-state index contributed by atoms with van der Waals surface area (Å²) in [5.74, 6) is 0. The number of hydrogen-bond acceptors (Lipinski definition) is 1. The molecule has 0 radical (unpaired) electrons. The number of rotatable bonds is 2. The lowest BCUT2D eigenvalue weighted by Gasteiger charge is -2.04. The van der Waals surface area contributed by atoms with Crippen molar-refractivity contribution in [2.75, 3.05) is 0 Å². The zero-order valence-electron chi connectivity index (χ0n) is 8.87. The molecule has 2 rings (SSSR count). The highest BCUT2D eigenvalue weighted by atomic mass is 35.5. The number of halogens is 1. The van der Waals surface area contributed by atoms with Crippen LogP contribution in [0.4, 0.5) is 0 Å². The predicted octanol–water partition coefficient (Wildman–Crippen LogP) is 3.30. The second-order valence-corrected chi connectivity index (χ2v) is 3.82. The van der Waals surface area contributed by atoms with Gasteiger partial charge in [-0.05, 0) is 6.42 Å². The van der Waals surface area contributed by atoms with Gasteiger partial charge >= 0.3 is 0 Å². The van der Waals surface area contributed by atoms with E-state index in [1.807, 2.05) is 29.9 Å². The van der Waals surface area contributed by atoms with Crippen molar-refractivity contribution in [3.8, 4) is 11.3 Å². The molecule has 15 heavy (non-hydrogen) atoms. The van der Waals surface area contributed by atoms with E-state index in [1.54, 1.807) is 0 Å². The summed E-state index contributed by atoms with van der Waals surface area (Å²) in [7, 11) is 1.92. The van der Waals surface area contributed by atoms with E-state index < -0.39 is 0 Å². The van der Waals surface area contributed by atoms with Crippen molar-refractivity contribution in [1.29, 1.82) is 0 Å². The zero-order valence-corrected chi connectivity index (χ0v) is 9.62. The molecule has 0 spiro atoms. The van der Waals surface area contributed by atoms with Crippen molar-refractivity contribution in [3.63, 3.8) is 0 Å². The van der Waals surface area contributed by atoms with Crippen LogP contribution in [0.3, 0.4) is 0 Å². The van der Waals surface area contributed by atoms with Gasteiger partial charge in [-0.1, -0.05) is 48.9 Å². The molecule has 0 atom stereocenters. The molecule has 2 aromatic rings. The van der Waals surface area contributed by atoms with Gasteiger partial charge in [0.1, 0.15) is 0 Å². The minimum atomic E-state index is 0.610. The summed E-state index contributed by atoms with van der Waals surface area (Å²) in [5, 5.41) is 4.85. The van der Waals surface area contributed by atoms with Crippen LogP contribution in [-0.4, -0.2) is 9.78 Å². The first kappa shape index (κ1) is 10.2. The maximum atomic E-state index is 6.07. The Labute approximate surface area is 94.5 Å². The van der Waals surface area contributed by atoms with E-state index in [0.717, 1.165) is 23.2 Å². The molecule has 0 unspecified atom stereocenters. The average Bonchev–Trinajstić information content (AvgIpc) is 2.54. The van der Waals surface area contributed by atoms with Crippen LogP contribution in [0.15, 0.2) is 30.3 Å². The summed E-state index contributed by atoms with van der Waals surface area (Å²) in [6.07, 6.45) is 0.900. The van der Waals surface area contributed by atoms with Gasteiger partial charge in [-0.15, -0.1) is 0 Å². The highest BCUT2D eigenvalue weighted by molar-refractivity contribution is 6.30. The molecule has 0 amide bonds. The molecular formula is C12H13ClN2. The monoisotopic (exact) mass is 220 g/mol. The van der Waals surface area contributed by atoms with E-state index in [4.69, 9.17) is 11.6 Å². The maximum absolute atomic E-state index is 6.07. The molecule has 2 nitrogen and oxygen atoms in total. The van der Waals surface area contributed by atoms with Crippen molar-refractivity contribution >= 4 is 11.6 Å². The van der Waals surface area contributed by atoms with E-state index in [-0.39, 0.29) is 0 Å². The van der Waals surface area contributed by atoms with Gasteiger partial charge in [0.15, 0.2) is 5.15 Å². The molecule has 0 fully saturated rings. The normalized spacial score (nSPS) is 10.6. The van der Waals surface area contributed by atoms with Gasteiger partial charge in [-0.25, -0.2) is 0 Å². The van der Waals surface area contributed by atoms with Gasteiger partial charge in [-0.2, -0.15) is 5.10 Å². The Morgan fingerprint density at radius 3 is 2.53 bits per heavy atom. The Morgan fingerprint density at radius 2 is 1.93 bits per heavy atom. The number of nitrogens with zero attached hydrogens (tertiary/aromatic N) is 2. The third kappa shape index (κ3) is 1.77. The number of hydrogen-bond donors (Lipinski definition) is 0. The smallest absolute Gasteiger partial charge is 0.154 e. The minimum absolute atomic E-state index is 0.610. The van der Waals surface area contributed by atoms with Crippen molar-refractivity contribution in [3.05, 3.63) is 41.0 Å². The zero-order chi connectivity index (χ0) is 10.8. The molecular weight excluding hydrogens is 208 g/mol. The Morgan fingerprint density at radius 1 is 1.27 bits per heavy atom. The van der Waals surface area contributed by atoms with Crippen molar-refractivity contribution in [2.45, 2.75) is 13.3 Å². The number of aromatic nitrogens is 2. The van der Waals surface area contributed by atoms with Crippen LogP contribution in [0.2, 0.25) is 5.15 Å². The lowest BCUT2D eigenvalue weighted by atomic mass is 10.1. The van der Waals surface area contributed by atoms with Crippen LogP contribution in [0.5, 0.6) is 0 Å². The molecule has 1 aromatic carbocycles. The largest absolute Gasteiger partial charge is 0.266 e. The molecule has 0 aliphatic heterocycles. The van der Waals surface area contributed by atoms with E-state index in [1.165, 1.54) is 0 Å². The molecule has 0 N–H and O–H groups in total. The molecule has 3 heteroatoms. The van der Waals surface area contributed by atoms with Gasteiger partial charge in [0, 0.05) is 18.2 Å². The van der Waals surface area contributed by atoms with Gasteiger partial charge in [0.2, 0.25) is 0 Å². The van der Waals surface area contributed by atoms with Gasteiger partial charge in [0.05, 0.1) is 5.69 Å². The fourth-order valence-corrected chi connectivity index (χ4v) is 2.14. The summed E-state index contributed by atoms with van der Waals surface area (Å²) in [6.45, 7) is 2.09. The molecule has 0 bridgehead atoms. The lowest BCUT2D eigenvalue weighted by molar-refractivity contribution is 0.776. The highest BCUT2D eigenvalue weighted by Gasteiger charge is 2.13. The van der Waals surface area contributed by atoms with E-state index in [2.05, 4.69) is 24.2 Å². The number of aryl methyl sites for hydroxylation is 1. The van der Waals surface area contributed by atoms with Crippen LogP contribution in [0, 0.1) is 0 Å². The van der Waals surface area contributed by atoms with Gasteiger partial charge in [0.25, 0.3) is 0 Å². The molecule has 0 saturated carbocycles. The van der Waals surface area contributed by atoms with E-state index in [0.29, 0.717) is 5.15 Å².